The molecule has 1 aromatic heterocycles. The Morgan fingerprint density at radius 1 is 1.12 bits per heavy atom. The number of halogens is 1. The number of carbonyl (C=O) groups is 2. The largest absolute Gasteiger partial charge is 0.479 e. The number of nitrogens with one attached hydrogen (secondary N) is 1. The third kappa shape index (κ3) is 5.80. The van der Waals surface area contributed by atoms with E-state index in [2.05, 4.69) is 10.5 Å². The number of carboxylic acid groups (broad SMARTS) is 1. The van der Waals surface area contributed by atoms with Gasteiger partial charge in [-0.2, -0.15) is 0 Å². The molecule has 2 aromatic carbocycles. The Morgan fingerprint density at radius 3 is 2.42 bits per heavy atom. The molecule has 0 radical (unpaired) electrons. The summed E-state index contributed by atoms with van der Waals surface area (Å²) in [6.45, 7) is 5.67. The summed E-state index contributed by atoms with van der Waals surface area (Å²) in [7, 11) is 0. The monoisotopic (exact) mass is 470 g/mol. The molecule has 2 unspecified atom stereocenters. The summed E-state index contributed by atoms with van der Waals surface area (Å²) in [6, 6.07) is 14.9. The lowest BCUT2D eigenvalue weighted by Gasteiger charge is -2.28. The summed E-state index contributed by atoms with van der Waals surface area (Å²) in [4.78, 5) is 24.6. The van der Waals surface area contributed by atoms with E-state index in [1.54, 1.807) is 19.1 Å². The molecular weight excluding hydrogens is 444 g/mol. The minimum Gasteiger partial charge on any atom is -0.479 e. The van der Waals surface area contributed by atoms with Gasteiger partial charge in [-0.3, -0.25) is 4.79 Å². The summed E-state index contributed by atoms with van der Waals surface area (Å²) in [5.74, 6) is -1.58. The molecule has 7 nitrogen and oxygen atoms in total. The summed E-state index contributed by atoms with van der Waals surface area (Å²) >= 11 is 6.42. The number of carboxylic acids is 1. The first-order chi connectivity index (χ1) is 15.6. The van der Waals surface area contributed by atoms with E-state index in [1.165, 1.54) is 12.1 Å². The topological polar surface area (TPSA) is 113 Å². The standard InChI is InChI=1S/C25H27ClN2O5/c1-15(2)11-19-13-22(33-28-19)23(29)27-16(3)14-25(32,24(30)31)18-9-10-20(21(26)12-18)17-7-5-4-6-8-17/h4-10,12-13,15-16,32H,11,14H2,1-3H3,(H,27,29)(H,30,31). The van der Waals surface area contributed by atoms with Crippen molar-refractivity contribution in [1.29, 1.82) is 0 Å². The quantitative estimate of drug-likeness (QED) is 0.418. The molecule has 3 N–H and O–H groups in total. The van der Waals surface area contributed by atoms with Crippen molar-refractivity contribution in [2.45, 2.75) is 45.3 Å². The van der Waals surface area contributed by atoms with Crippen molar-refractivity contribution in [3.63, 3.8) is 0 Å². The van der Waals surface area contributed by atoms with Crippen LogP contribution in [0.1, 0.15) is 49.0 Å². The molecule has 3 rings (SSSR count). The second-order valence-electron chi connectivity index (χ2n) is 8.59. The van der Waals surface area contributed by atoms with Crippen LogP contribution in [0.2, 0.25) is 5.02 Å². The van der Waals surface area contributed by atoms with E-state index in [4.69, 9.17) is 16.1 Å². The van der Waals surface area contributed by atoms with Crippen LogP contribution in [-0.4, -0.2) is 33.3 Å². The van der Waals surface area contributed by atoms with Gasteiger partial charge in [0.1, 0.15) is 0 Å². The minimum atomic E-state index is -2.25. The van der Waals surface area contributed by atoms with Crippen LogP contribution in [0.25, 0.3) is 11.1 Å². The van der Waals surface area contributed by atoms with Gasteiger partial charge in [0.25, 0.3) is 5.91 Å². The van der Waals surface area contributed by atoms with Gasteiger partial charge in [-0.25, -0.2) is 4.79 Å². The maximum absolute atomic E-state index is 12.5. The van der Waals surface area contributed by atoms with Gasteiger partial charge in [-0.1, -0.05) is 73.1 Å². The summed E-state index contributed by atoms with van der Waals surface area (Å²) in [5, 5.41) is 27.7. The highest BCUT2D eigenvalue weighted by atomic mass is 35.5. The van der Waals surface area contributed by atoms with Crippen molar-refractivity contribution in [3.05, 3.63) is 76.6 Å². The molecule has 3 aromatic rings. The first kappa shape index (κ1) is 24.5. The second-order valence-corrected chi connectivity index (χ2v) is 8.99. The van der Waals surface area contributed by atoms with Crippen molar-refractivity contribution < 1.29 is 24.3 Å². The van der Waals surface area contributed by atoms with Crippen LogP contribution in [0.5, 0.6) is 0 Å². The average molecular weight is 471 g/mol. The first-order valence-electron chi connectivity index (χ1n) is 10.7. The summed E-state index contributed by atoms with van der Waals surface area (Å²) in [6.07, 6.45) is 0.396. The molecule has 33 heavy (non-hydrogen) atoms. The van der Waals surface area contributed by atoms with Crippen LogP contribution in [0.3, 0.4) is 0 Å². The Hall–Kier alpha value is -3.16. The molecule has 0 aliphatic rings. The van der Waals surface area contributed by atoms with Crippen LogP contribution >= 0.6 is 11.6 Å². The van der Waals surface area contributed by atoms with Crippen molar-refractivity contribution >= 4 is 23.5 Å². The van der Waals surface area contributed by atoms with Crippen LogP contribution in [0.4, 0.5) is 0 Å². The number of aliphatic carboxylic acids is 1. The SMILES string of the molecule is CC(C)Cc1cc(C(=O)NC(C)CC(O)(C(=O)O)c2ccc(-c3ccccc3)c(Cl)c2)on1. The molecule has 174 valence electrons. The lowest BCUT2D eigenvalue weighted by molar-refractivity contribution is -0.161. The summed E-state index contributed by atoms with van der Waals surface area (Å²) in [5.41, 5.74) is 0.128. The Bertz CT molecular complexity index is 1130. The number of benzene rings is 2. The van der Waals surface area contributed by atoms with Crippen molar-refractivity contribution in [2.75, 3.05) is 0 Å². The number of rotatable bonds is 9. The zero-order valence-electron chi connectivity index (χ0n) is 18.7. The van der Waals surface area contributed by atoms with Crippen molar-refractivity contribution in [1.82, 2.24) is 10.5 Å². The van der Waals surface area contributed by atoms with E-state index in [9.17, 15) is 19.8 Å². The lowest BCUT2D eigenvalue weighted by atomic mass is 9.86. The van der Waals surface area contributed by atoms with Crippen LogP contribution in [0, 0.1) is 5.92 Å². The highest BCUT2D eigenvalue weighted by Crippen LogP contribution is 2.34. The minimum absolute atomic E-state index is 0.0339. The molecule has 1 amide bonds. The van der Waals surface area contributed by atoms with Crippen LogP contribution < -0.4 is 5.32 Å². The Labute approximate surface area is 197 Å². The fourth-order valence-corrected chi connectivity index (χ4v) is 3.96. The normalized spacial score (nSPS) is 14.0. The molecular formula is C25H27ClN2O5. The number of amides is 1. The van der Waals surface area contributed by atoms with Crippen LogP contribution in [-0.2, 0) is 16.8 Å². The number of aliphatic hydroxyl groups is 1. The maximum Gasteiger partial charge on any atom is 0.340 e. The molecule has 0 aliphatic carbocycles. The van der Waals surface area contributed by atoms with E-state index in [1.807, 2.05) is 44.2 Å². The number of hydrogen-bond acceptors (Lipinski definition) is 5. The molecule has 0 bridgehead atoms. The molecule has 8 heteroatoms. The molecule has 0 fully saturated rings. The van der Waals surface area contributed by atoms with Gasteiger partial charge in [0.15, 0.2) is 5.60 Å². The maximum atomic E-state index is 12.5. The Balaban J connectivity index is 1.76. The van der Waals surface area contributed by atoms with E-state index < -0.39 is 23.5 Å². The zero-order valence-corrected chi connectivity index (χ0v) is 19.5. The molecule has 1 heterocycles. The average Bonchev–Trinajstić information content (AvgIpc) is 3.22. The third-order valence-corrected chi connectivity index (χ3v) is 5.58. The zero-order chi connectivity index (χ0) is 24.2. The Morgan fingerprint density at radius 2 is 1.82 bits per heavy atom. The first-order valence-corrected chi connectivity index (χ1v) is 11.1. The Kier molecular flexibility index (Phi) is 7.56. The molecule has 0 saturated heterocycles. The third-order valence-electron chi connectivity index (χ3n) is 5.26. The fourth-order valence-electron chi connectivity index (χ4n) is 3.68. The number of nitrogens with zero attached hydrogens (tertiary/aromatic N) is 1. The highest BCUT2D eigenvalue weighted by molar-refractivity contribution is 6.33. The van der Waals surface area contributed by atoms with E-state index in [-0.39, 0.29) is 17.7 Å². The molecule has 0 aliphatic heterocycles. The lowest BCUT2D eigenvalue weighted by Crippen LogP contribution is -2.43. The van der Waals surface area contributed by atoms with Crippen LogP contribution in [0.15, 0.2) is 59.1 Å². The van der Waals surface area contributed by atoms with Crippen molar-refractivity contribution in [3.8, 4) is 11.1 Å². The van der Waals surface area contributed by atoms with Gasteiger partial charge in [0, 0.05) is 29.1 Å². The van der Waals surface area contributed by atoms with Gasteiger partial charge < -0.3 is 20.1 Å². The van der Waals surface area contributed by atoms with E-state index in [0.29, 0.717) is 23.1 Å². The van der Waals surface area contributed by atoms with Crippen molar-refractivity contribution in [2.24, 2.45) is 5.92 Å². The fraction of sp³-hybridized carbons (Fsp3) is 0.320. The molecule has 0 saturated carbocycles. The predicted molar refractivity (Wildman–Crippen MR) is 125 cm³/mol. The van der Waals surface area contributed by atoms with Gasteiger partial charge in [0.2, 0.25) is 5.76 Å². The van der Waals surface area contributed by atoms with E-state index in [0.717, 1.165) is 11.1 Å². The molecule has 0 spiro atoms. The highest BCUT2D eigenvalue weighted by Gasteiger charge is 2.40. The van der Waals surface area contributed by atoms with Gasteiger partial charge in [0.05, 0.1) is 5.69 Å². The van der Waals surface area contributed by atoms with Gasteiger partial charge >= 0.3 is 5.97 Å². The second kappa shape index (κ2) is 10.2. The smallest absolute Gasteiger partial charge is 0.340 e. The van der Waals surface area contributed by atoms with E-state index >= 15 is 0 Å². The predicted octanol–water partition coefficient (Wildman–Crippen LogP) is 4.67. The number of carbonyl (C=O) groups excluding carboxylic acids is 1. The number of hydrogen-bond donors (Lipinski definition) is 3. The molecule has 2 atom stereocenters. The van der Waals surface area contributed by atoms with Gasteiger partial charge in [-0.05, 0) is 36.5 Å². The number of aromatic nitrogens is 1. The van der Waals surface area contributed by atoms with Gasteiger partial charge in [-0.15, -0.1) is 0 Å². The summed E-state index contributed by atoms with van der Waals surface area (Å²) < 4.78 is 5.10.